The van der Waals surface area contributed by atoms with Gasteiger partial charge in [-0.2, -0.15) is 0 Å². The first-order valence-corrected chi connectivity index (χ1v) is 15.4. The van der Waals surface area contributed by atoms with E-state index in [2.05, 4.69) is 112 Å². The molecule has 0 aromatic rings. The van der Waals surface area contributed by atoms with Gasteiger partial charge in [-0.15, -0.1) is 11.5 Å². The molecule has 1 fully saturated rings. The van der Waals surface area contributed by atoms with E-state index in [9.17, 15) is 0 Å². The van der Waals surface area contributed by atoms with Gasteiger partial charge in [-0.1, -0.05) is 86.6 Å². The molecule has 180 valence electrons. The normalized spacial score (nSPS) is 30.0. The average Bonchev–Trinajstić information content (AvgIpc) is 3.34. The lowest BCUT2D eigenvalue weighted by molar-refractivity contribution is 0.0178. The third-order valence-corrected chi connectivity index (χ3v) is 14.6. The molecule has 0 amide bonds. The van der Waals surface area contributed by atoms with E-state index >= 15 is 0 Å². The van der Waals surface area contributed by atoms with Gasteiger partial charge in [0, 0.05) is 5.92 Å². The number of allylic oxidation sites excluding steroid dienone is 3. The Hall–Kier alpha value is -1.04. The van der Waals surface area contributed by atoms with Crippen LogP contribution in [0.4, 0.5) is 0 Å². The Morgan fingerprint density at radius 2 is 1.72 bits per heavy atom. The van der Waals surface area contributed by atoms with Gasteiger partial charge in [-0.3, -0.25) is 0 Å². The fourth-order valence-corrected chi connectivity index (χ4v) is 11.3. The van der Waals surface area contributed by atoms with Gasteiger partial charge in [0.05, 0.1) is 12.2 Å². The maximum Gasteiger partial charge on any atom is 0.145 e. The first kappa shape index (κ1) is 27.2. The summed E-state index contributed by atoms with van der Waals surface area (Å²) in [6, 6.07) is 0. The largest absolute Gasteiger partial charge is 0.366 e. The van der Waals surface area contributed by atoms with E-state index in [0.717, 1.165) is 12.8 Å². The van der Waals surface area contributed by atoms with E-state index in [1.54, 1.807) is 0 Å². The molecule has 0 radical (unpaired) electrons. The van der Waals surface area contributed by atoms with Crippen molar-refractivity contribution in [1.82, 2.24) is 0 Å². The Kier molecular flexibility index (Phi) is 9.68. The van der Waals surface area contributed by atoms with Crippen LogP contribution in [0.15, 0.2) is 35.5 Å². The number of hydrogen-bond acceptors (Lipinski definition) is 1. The summed E-state index contributed by atoms with van der Waals surface area (Å²) in [5.41, 5.74) is 8.83. The van der Waals surface area contributed by atoms with Crippen molar-refractivity contribution in [2.45, 2.75) is 118 Å². The lowest BCUT2D eigenvalue weighted by Gasteiger charge is -2.38. The summed E-state index contributed by atoms with van der Waals surface area (Å²) in [5, 5.41) is 0. The number of ether oxygens (including phenoxy) is 1. The Bertz CT molecular complexity index is 751. The van der Waals surface area contributed by atoms with Crippen molar-refractivity contribution >= 4 is 8.07 Å². The van der Waals surface area contributed by atoms with Crippen LogP contribution in [0.5, 0.6) is 0 Å². The van der Waals surface area contributed by atoms with Gasteiger partial charge in [-0.05, 0) is 72.2 Å². The zero-order valence-electron chi connectivity index (χ0n) is 22.8. The summed E-state index contributed by atoms with van der Waals surface area (Å²) in [7, 11) is -1.62. The molecular formula is C30H50OSi. The summed E-state index contributed by atoms with van der Waals surface area (Å²) in [5.74, 6) is 6.08. The van der Waals surface area contributed by atoms with E-state index < -0.39 is 8.07 Å². The van der Waals surface area contributed by atoms with E-state index in [1.165, 1.54) is 11.1 Å². The van der Waals surface area contributed by atoms with Crippen molar-refractivity contribution < 1.29 is 4.74 Å². The molecule has 1 saturated carbocycles. The van der Waals surface area contributed by atoms with Crippen LogP contribution in [0.2, 0.25) is 16.6 Å². The second kappa shape index (κ2) is 11.4. The molecule has 1 heterocycles. The predicted octanol–water partition coefficient (Wildman–Crippen LogP) is 8.74. The second-order valence-electron chi connectivity index (χ2n) is 11.5. The lowest BCUT2D eigenvalue weighted by atomic mass is 9.96. The van der Waals surface area contributed by atoms with Gasteiger partial charge in [0.25, 0.3) is 0 Å². The molecule has 1 nitrogen and oxygen atoms in total. The molecule has 2 aliphatic rings. The molecule has 0 bridgehead atoms. The summed E-state index contributed by atoms with van der Waals surface area (Å²) in [6.07, 6.45) is 12.2. The standard InChI is InChI=1S/C30H50OSi/c1-12-29-24(9)14-16-30(31-29)25(10)19-23(8)13-15-27-26(11)28(27)17-18-32(20(2)3,21(4)5)22(6)7/h13-15,19-23,26-30H,12,16H2,1-11H3/b15-13+,25-19+/t23-,26-,27+,28+,29-,30-/m1/s1. The molecule has 2 rings (SSSR count). The summed E-state index contributed by atoms with van der Waals surface area (Å²) < 4.78 is 6.33. The van der Waals surface area contributed by atoms with Crippen LogP contribution in [0.25, 0.3) is 0 Å². The number of hydrogen-bond donors (Lipinski definition) is 0. The quantitative estimate of drug-likeness (QED) is 0.202. The lowest BCUT2D eigenvalue weighted by Crippen LogP contribution is -2.43. The van der Waals surface area contributed by atoms with Crippen LogP contribution >= 0.6 is 0 Å². The van der Waals surface area contributed by atoms with Crippen LogP contribution in [-0.2, 0) is 4.74 Å². The summed E-state index contributed by atoms with van der Waals surface area (Å²) >= 11 is 0. The highest BCUT2D eigenvalue weighted by molar-refractivity contribution is 6.90. The van der Waals surface area contributed by atoms with E-state index in [1.807, 2.05) is 0 Å². The third-order valence-electron chi connectivity index (χ3n) is 8.30. The SMILES string of the molecule is CC[C@H]1O[C@@H](/C(C)=C/[C@H](C)/C=C/[C@H]2[C@@H](C)[C@@H]2C#C[Si](C(C)C)(C(C)C)C(C)C)CC=C1C. The topological polar surface area (TPSA) is 9.23 Å². The van der Waals surface area contributed by atoms with Gasteiger partial charge >= 0.3 is 0 Å². The highest BCUT2D eigenvalue weighted by Gasteiger charge is 2.46. The van der Waals surface area contributed by atoms with Gasteiger partial charge < -0.3 is 4.74 Å². The van der Waals surface area contributed by atoms with Crippen molar-refractivity contribution in [1.29, 1.82) is 0 Å². The van der Waals surface area contributed by atoms with E-state index in [-0.39, 0.29) is 12.2 Å². The predicted molar refractivity (Wildman–Crippen MR) is 144 cm³/mol. The minimum atomic E-state index is -1.62. The molecule has 32 heavy (non-hydrogen) atoms. The molecule has 0 N–H and O–H groups in total. The van der Waals surface area contributed by atoms with Crippen molar-refractivity contribution in [3.8, 4) is 11.5 Å². The highest BCUT2D eigenvalue weighted by atomic mass is 28.3. The first-order valence-electron chi connectivity index (χ1n) is 13.2. The van der Waals surface area contributed by atoms with Gasteiger partial charge in [-0.25, -0.2) is 0 Å². The molecule has 0 spiro atoms. The minimum Gasteiger partial charge on any atom is -0.366 e. The maximum absolute atomic E-state index is 6.33. The third kappa shape index (κ3) is 6.09. The smallest absolute Gasteiger partial charge is 0.145 e. The van der Waals surface area contributed by atoms with Crippen LogP contribution in [0, 0.1) is 35.1 Å². The molecule has 0 aromatic heterocycles. The zero-order chi connectivity index (χ0) is 24.2. The molecule has 2 heteroatoms. The number of rotatable bonds is 8. The van der Waals surface area contributed by atoms with Crippen molar-refractivity contribution in [3.63, 3.8) is 0 Å². The molecule has 0 aromatic carbocycles. The van der Waals surface area contributed by atoms with Crippen molar-refractivity contribution in [3.05, 3.63) is 35.5 Å². The first-order chi connectivity index (χ1) is 14.9. The molecule has 1 aliphatic heterocycles. The molecule has 0 unspecified atom stereocenters. The van der Waals surface area contributed by atoms with Gasteiger partial charge in [0.2, 0.25) is 0 Å². The van der Waals surface area contributed by atoms with Gasteiger partial charge in [0.15, 0.2) is 0 Å². The minimum absolute atomic E-state index is 0.235. The Labute approximate surface area is 201 Å². The fourth-order valence-electron chi connectivity index (χ4n) is 6.04. The van der Waals surface area contributed by atoms with Crippen LogP contribution in [-0.4, -0.2) is 20.3 Å². The van der Waals surface area contributed by atoms with E-state index in [0.29, 0.717) is 40.3 Å². The van der Waals surface area contributed by atoms with E-state index in [4.69, 9.17) is 4.74 Å². The Balaban J connectivity index is 2.03. The van der Waals surface area contributed by atoms with Crippen LogP contribution < -0.4 is 0 Å². The van der Waals surface area contributed by atoms with Gasteiger partial charge in [0.1, 0.15) is 8.07 Å². The monoisotopic (exact) mass is 454 g/mol. The zero-order valence-corrected chi connectivity index (χ0v) is 23.8. The van der Waals surface area contributed by atoms with Crippen LogP contribution in [0.3, 0.4) is 0 Å². The Morgan fingerprint density at radius 1 is 1.12 bits per heavy atom. The van der Waals surface area contributed by atoms with Crippen molar-refractivity contribution in [2.24, 2.45) is 23.7 Å². The average molecular weight is 455 g/mol. The second-order valence-corrected chi connectivity index (χ2v) is 17.1. The maximum atomic E-state index is 6.33. The fraction of sp³-hybridized carbons (Fsp3) is 0.733. The Morgan fingerprint density at radius 3 is 2.25 bits per heavy atom. The summed E-state index contributed by atoms with van der Waals surface area (Å²) in [6.45, 7) is 25.7. The molecule has 0 saturated heterocycles. The van der Waals surface area contributed by atoms with Crippen LogP contribution in [0.1, 0.15) is 89.0 Å². The molecular weight excluding hydrogens is 404 g/mol. The highest BCUT2D eigenvalue weighted by Crippen LogP contribution is 2.48. The molecule has 6 atom stereocenters. The molecule has 1 aliphatic carbocycles. The van der Waals surface area contributed by atoms with Crippen molar-refractivity contribution in [2.75, 3.05) is 0 Å². The summed E-state index contributed by atoms with van der Waals surface area (Å²) in [4.78, 5) is 0.